The Morgan fingerprint density at radius 3 is 2.64 bits per heavy atom. The Bertz CT molecular complexity index is 166. The minimum absolute atomic E-state index is 0. The summed E-state index contributed by atoms with van der Waals surface area (Å²) in [6, 6.07) is 0. The molecule has 1 unspecified atom stereocenters. The van der Waals surface area contributed by atoms with Crippen molar-refractivity contribution < 1.29 is 4.74 Å². The lowest BCUT2D eigenvalue weighted by Gasteiger charge is -2.26. The van der Waals surface area contributed by atoms with E-state index < -0.39 is 0 Å². The van der Waals surface area contributed by atoms with Gasteiger partial charge in [-0.25, -0.2) is 0 Å². The number of likely N-dealkylation sites (tertiary alicyclic amines) is 1. The fourth-order valence-corrected chi connectivity index (χ4v) is 2.18. The first kappa shape index (κ1) is 12.2. The van der Waals surface area contributed by atoms with Crippen molar-refractivity contribution >= 4 is 12.4 Å². The highest BCUT2D eigenvalue weighted by atomic mass is 35.5. The molecule has 1 N–H and O–H groups in total. The summed E-state index contributed by atoms with van der Waals surface area (Å²) in [5.74, 6) is 0. The summed E-state index contributed by atoms with van der Waals surface area (Å²) in [7, 11) is 0. The maximum absolute atomic E-state index is 5.66. The molecule has 3 nitrogen and oxygen atoms in total. The molecule has 2 aliphatic rings. The van der Waals surface area contributed by atoms with Crippen LogP contribution in [0.1, 0.15) is 26.2 Å². The molecule has 0 aromatic carbocycles. The Hall–Kier alpha value is 0.170. The Morgan fingerprint density at radius 2 is 2.07 bits per heavy atom. The molecule has 2 aliphatic heterocycles. The van der Waals surface area contributed by atoms with Crippen LogP contribution in [0.2, 0.25) is 0 Å². The number of rotatable bonds is 3. The van der Waals surface area contributed by atoms with Crippen molar-refractivity contribution in [2.75, 3.05) is 32.8 Å². The van der Waals surface area contributed by atoms with E-state index in [0.717, 1.165) is 19.6 Å². The monoisotopic (exact) mass is 220 g/mol. The predicted molar refractivity (Wildman–Crippen MR) is 59.9 cm³/mol. The third kappa shape index (κ3) is 3.09. The Balaban J connectivity index is 0.000000980. The van der Waals surface area contributed by atoms with E-state index in [9.17, 15) is 0 Å². The highest BCUT2D eigenvalue weighted by molar-refractivity contribution is 5.85. The van der Waals surface area contributed by atoms with Crippen molar-refractivity contribution in [1.29, 1.82) is 0 Å². The van der Waals surface area contributed by atoms with Crippen LogP contribution in [0.4, 0.5) is 0 Å². The van der Waals surface area contributed by atoms with Gasteiger partial charge in [-0.15, -0.1) is 12.4 Å². The lowest BCUT2D eigenvalue weighted by molar-refractivity contribution is -0.00641. The van der Waals surface area contributed by atoms with Crippen LogP contribution in [0.15, 0.2) is 0 Å². The number of nitrogens with one attached hydrogen (secondary N) is 1. The van der Waals surface area contributed by atoms with Gasteiger partial charge in [0.2, 0.25) is 0 Å². The van der Waals surface area contributed by atoms with Gasteiger partial charge >= 0.3 is 0 Å². The molecule has 84 valence electrons. The molecule has 0 aliphatic carbocycles. The number of ether oxygens (including phenoxy) is 1. The second kappa shape index (κ2) is 5.31. The topological polar surface area (TPSA) is 24.5 Å². The molecule has 2 heterocycles. The van der Waals surface area contributed by atoms with Crippen LogP contribution in [-0.4, -0.2) is 43.4 Å². The van der Waals surface area contributed by atoms with Gasteiger partial charge in [0, 0.05) is 19.5 Å². The molecule has 0 radical (unpaired) electrons. The molecule has 0 aromatic rings. The largest absolute Gasteiger partial charge is 0.360 e. The van der Waals surface area contributed by atoms with Gasteiger partial charge in [-0.3, -0.25) is 5.32 Å². The van der Waals surface area contributed by atoms with Crippen LogP contribution in [0.3, 0.4) is 0 Å². The number of hydrogen-bond acceptors (Lipinski definition) is 3. The zero-order valence-electron chi connectivity index (χ0n) is 8.92. The summed E-state index contributed by atoms with van der Waals surface area (Å²) in [6.45, 7) is 7.80. The molecule has 2 rings (SSSR count). The summed E-state index contributed by atoms with van der Waals surface area (Å²) in [5.41, 5.74) is -0.0391. The molecule has 0 amide bonds. The summed E-state index contributed by atoms with van der Waals surface area (Å²) < 4.78 is 5.66. The highest BCUT2D eigenvalue weighted by Crippen LogP contribution is 2.18. The molecule has 0 aromatic heterocycles. The van der Waals surface area contributed by atoms with Crippen molar-refractivity contribution in [2.24, 2.45) is 0 Å². The Labute approximate surface area is 92.6 Å². The zero-order valence-corrected chi connectivity index (χ0v) is 9.74. The maximum atomic E-state index is 5.66. The van der Waals surface area contributed by atoms with Crippen LogP contribution >= 0.6 is 12.4 Å². The second-order valence-corrected chi connectivity index (χ2v) is 4.30. The van der Waals surface area contributed by atoms with Crippen LogP contribution < -0.4 is 5.32 Å². The van der Waals surface area contributed by atoms with E-state index in [2.05, 4.69) is 17.1 Å². The summed E-state index contributed by atoms with van der Waals surface area (Å²) in [5, 5.41) is 3.41. The van der Waals surface area contributed by atoms with Gasteiger partial charge in [-0.1, -0.05) is 0 Å². The van der Waals surface area contributed by atoms with Crippen molar-refractivity contribution in [3.63, 3.8) is 0 Å². The maximum Gasteiger partial charge on any atom is 0.117 e. The quantitative estimate of drug-likeness (QED) is 0.775. The van der Waals surface area contributed by atoms with E-state index >= 15 is 0 Å². The SMILES string of the molecule is CC1(CCN2CCCC2)NCCO1.Cl. The van der Waals surface area contributed by atoms with Gasteiger partial charge in [0.05, 0.1) is 6.61 Å². The molecule has 4 heteroatoms. The molecule has 14 heavy (non-hydrogen) atoms. The Morgan fingerprint density at radius 1 is 1.36 bits per heavy atom. The smallest absolute Gasteiger partial charge is 0.117 e. The standard InChI is InChI=1S/C10H20N2O.ClH/c1-10(11-5-9-13-10)4-8-12-6-2-3-7-12;/h11H,2-9H2,1H3;1H. The zero-order chi connectivity index (χ0) is 9.15. The first-order valence-corrected chi connectivity index (χ1v) is 5.40. The van der Waals surface area contributed by atoms with Crippen molar-refractivity contribution in [3.05, 3.63) is 0 Å². The van der Waals surface area contributed by atoms with Crippen LogP contribution in [-0.2, 0) is 4.74 Å². The summed E-state index contributed by atoms with van der Waals surface area (Å²) >= 11 is 0. The summed E-state index contributed by atoms with van der Waals surface area (Å²) in [6.07, 6.45) is 3.88. The number of nitrogens with zero attached hydrogens (tertiary/aromatic N) is 1. The van der Waals surface area contributed by atoms with Gasteiger partial charge in [0.15, 0.2) is 0 Å². The lowest BCUT2D eigenvalue weighted by Crippen LogP contribution is -2.40. The van der Waals surface area contributed by atoms with Gasteiger partial charge in [-0.05, 0) is 32.9 Å². The average molecular weight is 221 g/mol. The average Bonchev–Trinajstić information content (AvgIpc) is 2.72. The number of hydrogen-bond donors (Lipinski definition) is 1. The van der Waals surface area contributed by atoms with Crippen molar-refractivity contribution in [2.45, 2.75) is 31.9 Å². The van der Waals surface area contributed by atoms with Gasteiger partial charge in [-0.2, -0.15) is 0 Å². The first-order chi connectivity index (χ1) is 6.29. The molecule has 1 atom stereocenters. The van der Waals surface area contributed by atoms with Gasteiger partial charge in [0.1, 0.15) is 5.72 Å². The van der Waals surface area contributed by atoms with Crippen LogP contribution in [0.5, 0.6) is 0 Å². The van der Waals surface area contributed by atoms with E-state index in [1.54, 1.807) is 0 Å². The fraction of sp³-hybridized carbons (Fsp3) is 1.00. The fourth-order valence-electron chi connectivity index (χ4n) is 2.18. The number of halogens is 1. The lowest BCUT2D eigenvalue weighted by atomic mass is 10.2. The van der Waals surface area contributed by atoms with Gasteiger partial charge in [0.25, 0.3) is 0 Å². The van der Waals surface area contributed by atoms with Crippen molar-refractivity contribution in [3.8, 4) is 0 Å². The molecular weight excluding hydrogens is 200 g/mol. The highest BCUT2D eigenvalue weighted by Gasteiger charge is 2.29. The molecule has 0 saturated carbocycles. The molecule has 2 saturated heterocycles. The second-order valence-electron chi connectivity index (χ2n) is 4.30. The van der Waals surface area contributed by atoms with E-state index in [1.807, 2.05) is 0 Å². The van der Waals surface area contributed by atoms with E-state index in [-0.39, 0.29) is 18.1 Å². The summed E-state index contributed by atoms with van der Waals surface area (Å²) in [4.78, 5) is 2.54. The third-order valence-corrected chi connectivity index (χ3v) is 3.13. The van der Waals surface area contributed by atoms with E-state index in [4.69, 9.17) is 4.74 Å². The van der Waals surface area contributed by atoms with Crippen LogP contribution in [0, 0.1) is 0 Å². The normalized spacial score (nSPS) is 33.2. The minimum Gasteiger partial charge on any atom is -0.360 e. The molecule has 2 fully saturated rings. The minimum atomic E-state index is -0.0391. The third-order valence-electron chi connectivity index (χ3n) is 3.13. The molecule has 0 bridgehead atoms. The van der Waals surface area contributed by atoms with Crippen molar-refractivity contribution in [1.82, 2.24) is 10.2 Å². The molecular formula is C10H21ClN2O. The Kier molecular flexibility index (Phi) is 4.64. The van der Waals surface area contributed by atoms with Gasteiger partial charge < -0.3 is 9.64 Å². The van der Waals surface area contributed by atoms with Crippen LogP contribution in [0.25, 0.3) is 0 Å². The molecule has 0 spiro atoms. The first-order valence-electron chi connectivity index (χ1n) is 5.40. The predicted octanol–water partition coefficient (Wildman–Crippen LogP) is 1.23. The van der Waals surface area contributed by atoms with E-state index in [1.165, 1.54) is 32.5 Å². The van der Waals surface area contributed by atoms with E-state index in [0.29, 0.717) is 0 Å².